The van der Waals surface area contributed by atoms with E-state index in [-0.39, 0.29) is 11.9 Å². The van der Waals surface area contributed by atoms with Crippen LogP contribution in [0.3, 0.4) is 0 Å². The Kier molecular flexibility index (Phi) is 6.49. The van der Waals surface area contributed by atoms with Crippen LogP contribution in [0.5, 0.6) is 0 Å². The van der Waals surface area contributed by atoms with Crippen LogP contribution in [-0.4, -0.2) is 63.3 Å². The van der Waals surface area contributed by atoms with Gasteiger partial charge >= 0.3 is 0 Å². The summed E-state index contributed by atoms with van der Waals surface area (Å²) in [5, 5.41) is 3.65. The van der Waals surface area contributed by atoms with Crippen molar-refractivity contribution in [2.45, 2.75) is 13.0 Å². The molecule has 1 saturated heterocycles. The third-order valence-corrected chi connectivity index (χ3v) is 4.29. The predicted molar refractivity (Wildman–Crippen MR) is 89.6 cm³/mol. The van der Waals surface area contributed by atoms with Crippen molar-refractivity contribution in [3.63, 3.8) is 0 Å². The topological polar surface area (TPSA) is 44.8 Å². The van der Waals surface area contributed by atoms with Gasteiger partial charge in [-0.25, -0.2) is 0 Å². The molecule has 0 spiro atoms. The van der Waals surface area contributed by atoms with Gasteiger partial charge in [-0.3, -0.25) is 9.69 Å². The molecule has 2 rings (SSSR count). The number of halogens is 1. The highest BCUT2D eigenvalue weighted by Crippen LogP contribution is 2.20. The highest BCUT2D eigenvalue weighted by molar-refractivity contribution is 6.30. The molecule has 5 nitrogen and oxygen atoms in total. The summed E-state index contributed by atoms with van der Waals surface area (Å²) in [5.74, 6) is 0.0667. The first kappa shape index (κ1) is 17.1. The van der Waals surface area contributed by atoms with Crippen LogP contribution in [0, 0.1) is 0 Å². The number of hydrogen-bond donors (Lipinski definition) is 1. The number of rotatable bonds is 6. The van der Waals surface area contributed by atoms with E-state index in [4.69, 9.17) is 16.3 Å². The van der Waals surface area contributed by atoms with E-state index >= 15 is 0 Å². The summed E-state index contributed by atoms with van der Waals surface area (Å²) < 4.78 is 4.94. The molecular formula is C16H24ClN3O2. The van der Waals surface area contributed by atoms with Crippen LogP contribution in [0.25, 0.3) is 0 Å². The monoisotopic (exact) mass is 325 g/mol. The predicted octanol–water partition coefficient (Wildman–Crippen LogP) is 1.61. The fraction of sp³-hybridized carbons (Fsp3) is 0.562. The van der Waals surface area contributed by atoms with Crippen LogP contribution in [0.1, 0.15) is 6.92 Å². The first-order valence-electron chi connectivity index (χ1n) is 7.63. The van der Waals surface area contributed by atoms with Gasteiger partial charge < -0.3 is 15.0 Å². The Morgan fingerprint density at radius 2 is 1.91 bits per heavy atom. The van der Waals surface area contributed by atoms with Crippen LogP contribution < -0.4 is 10.2 Å². The molecule has 1 aromatic rings. The van der Waals surface area contributed by atoms with E-state index in [0.717, 1.165) is 31.2 Å². The van der Waals surface area contributed by atoms with E-state index in [0.29, 0.717) is 13.2 Å². The summed E-state index contributed by atoms with van der Waals surface area (Å²) in [4.78, 5) is 16.6. The number of nitrogens with zero attached hydrogens (tertiary/aromatic N) is 2. The minimum Gasteiger partial charge on any atom is -0.383 e. The summed E-state index contributed by atoms with van der Waals surface area (Å²) in [6.07, 6.45) is 0. The zero-order valence-electron chi connectivity index (χ0n) is 13.2. The lowest BCUT2D eigenvalue weighted by atomic mass is 10.2. The summed E-state index contributed by atoms with van der Waals surface area (Å²) in [5.41, 5.74) is 1.18. The van der Waals surface area contributed by atoms with Gasteiger partial charge in [0, 0.05) is 50.5 Å². The quantitative estimate of drug-likeness (QED) is 0.807. The summed E-state index contributed by atoms with van der Waals surface area (Å²) in [7, 11) is 1.63. The van der Waals surface area contributed by atoms with Crippen molar-refractivity contribution in [2.24, 2.45) is 0 Å². The third kappa shape index (κ3) is 4.60. The number of carbonyl (C=O) groups is 1. The van der Waals surface area contributed by atoms with E-state index in [2.05, 4.69) is 15.1 Å². The molecular weight excluding hydrogens is 302 g/mol. The minimum atomic E-state index is -0.107. The molecule has 1 heterocycles. The molecule has 0 aliphatic carbocycles. The molecule has 122 valence electrons. The zero-order chi connectivity index (χ0) is 15.9. The van der Waals surface area contributed by atoms with Gasteiger partial charge in [0.2, 0.25) is 5.91 Å². The maximum atomic E-state index is 12.1. The van der Waals surface area contributed by atoms with Crippen LogP contribution in [-0.2, 0) is 9.53 Å². The molecule has 22 heavy (non-hydrogen) atoms. The molecule has 0 radical (unpaired) electrons. The minimum absolute atomic E-state index is 0.0667. The van der Waals surface area contributed by atoms with Gasteiger partial charge in [-0.1, -0.05) is 11.6 Å². The van der Waals surface area contributed by atoms with Crippen LogP contribution in [0.2, 0.25) is 5.02 Å². The Hall–Kier alpha value is -1.30. The van der Waals surface area contributed by atoms with Gasteiger partial charge in [-0.15, -0.1) is 0 Å². The molecule has 1 amide bonds. The number of methoxy groups -OCH3 is 1. The average Bonchev–Trinajstić information content (AvgIpc) is 2.55. The molecule has 6 heteroatoms. The normalized spacial score (nSPS) is 17.3. The van der Waals surface area contributed by atoms with Crippen molar-refractivity contribution in [3.8, 4) is 0 Å². The van der Waals surface area contributed by atoms with Crippen molar-refractivity contribution in [1.29, 1.82) is 0 Å². The largest absolute Gasteiger partial charge is 0.383 e. The van der Waals surface area contributed by atoms with Crippen LogP contribution in [0.4, 0.5) is 5.69 Å². The molecule has 1 aliphatic rings. The molecule has 1 aromatic carbocycles. The second kappa shape index (κ2) is 8.36. The maximum absolute atomic E-state index is 12.1. The number of carbonyl (C=O) groups excluding carboxylic acids is 1. The zero-order valence-corrected chi connectivity index (χ0v) is 14.0. The van der Waals surface area contributed by atoms with Crippen LogP contribution in [0.15, 0.2) is 24.3 Å². The molecule has 0 unspecified atom stereocenters. The van der Waals surface area contributed by atoms with Gasteiger partial charge in [0.05, 0.1) is 12.6 Å². The van der Waals surface area contributed by atoms with Gasteiger partial charge in [0.1, 0.15) is 0 Å². The lowest BCUT2D eigenvalue weighted by molar-refractivity contribution is -0.126. The van der Waals surface area contributed by atoms with Crippen molar-refractivity contribution in [3.05, 3.63) is 29.3 Å². The van der Waals surface area contributed by atoms with Crippen LogP contribution >= 0.6 is 11.6 Å². The smallest absolute Gasteiger partial charge is 0.237 e. The summed E-state index contributed by atoms with van der Waals surface area (Å²) in [6.45, 7) is 6.64. The Morgan fingerprint density at radius 1 is 1.27 bits per heavy atom. The third-order valence-electron chi connectivity index (χ3n) is 4.04. The molecule has 1 atom stereocenters. The van der Waals surface area contributed by atoms with Gasteiger partial charge in [-0.05, 0) is 31.2 Å². The van der Waals surface area contributed by atoms with Crippen molar-refractivity contribution in [1.82, 2.24) is 10.2 Å². The van der Waals surface area contributed by atoms with E-state index in [1.54, 1.807) is 7.11 Å². The molecule has 0 saturated carbocycles. The number of amides is 1. The Balaban J connectivity index is 1.81. The molecule has 1 fully saturated rings. The number of hydrogen-bond acceptors (Lipinski definition) is 4. The Labute approximate surface area is 137 Å². The highest BCUT2D eigenvalue weighted by atomic mass is 35.5. The molecule has 0 bridgehead atoms. The second-order valence-corrected chi connectivity index (χ2v) is 5.90. The number of benzene rings is 1. The molecule has 0 aromatic heterocycles. The fourth-order valence-corrected chi connectivity index (χ4v) is 2.74. The highest BCUT2D eigenvalue weighted by Gasteiger charge is 2.25. The van der Waals surface area contributed by atoms with Gasteiger partial charge in [-0.2, -0.15) is 0 Å². The number of nitrogens with one attached hydrogen (secondary N) is 1. The van der Waals surface area contributed by atoms with Crippen molar-refractivity contribution >= 4 is 23.2 Å². The lowest BCUT2D eigenvalue weighted by Crippen LogP contribution is -2.54. The first-order valence-corrected chi connectivity index (χ1v) is 8.01. The summed E-state index contributed by atoms with van der Waals surface area (Å²) in [6, 6.07) is 7.80. The molecule has 1 N–H and O–H groups in total. The second-order valence-electron chi connectivity index (χ2n) is 5.46. The van der Waals surface area contributed by atoms with E-state index in [1.807, 2.05) is 31.2 Å². The van der Waals surface area contributed by atoms with E-state index in [1.165, 1.54) is 5.69 Å². The lowest BCUT2D eigenvalue weighted by Gasteiger charge is -2.38. The Bertz CT molecular complexity index is 473. The van der Waals surface area contributed by atoms with Gasteiger partial charge in [0.15, 0.2) is 0 Å². The van der Waals surface area contributed by atoms with E-state index < -0.39 is 0 Å². The summed E-state index contributed by atoms with van der Waals surface area (Å²) >= 11 is 5.92. The maximum Gasteiger partial charge on any atom is 0.237 e. The molecule has 1 aliphatic heterocycles. The Morgan fingerprint density at radius 3 is 2.50 bits per heavy atom. The van der Waals surface area contributed by atoms with Gasteiger partial charge in [0.25, 0.3) is 0 Å². The number of anilines is 1. The number of piperazine rings is 1. The fourth-order valence-electron chi connectivity index (χ4n) is 2.61. The SMILES string of the molecule is COCCNC(=O)[C@@H](C)N1CCN(c2ccc(Cl)cc2)CC1. The average molecular weight is 326 g/mol. The van der Waals surface area contributed by atoms with E-state index in [9.17, 15) is 4.79 Å². The standard InChI is InChI=1S/C16H24ClN3O2/c1-13(16(21)18-7-12-22-2)19-8-10-20(11-9-19)15-5-3-14(17)4-6-15/h3-6,13H,7-12H2,1-2H3,(H,18,21)/t13-/m1/s1. The van der Waals surface area contributed by atoms with Crippen molar-refractivity contribution in [2.75, 3.05) is 51.3 Å². The number of ether oxygens (including phenoxy) is 1. The van der Waals surface area contributed by atoms with Crippen molar-refractivity contribution < 1.29 is 9.53 Å². The first-order chi connectivity index (χ1) is 10.6.